The van der Waals surface area contributed by atoms with Gasteiger partial charge in [0, 0.05) is 11.4 Å². The van der Waals surface area contributed by atoms with Crippen molar-refractivity contribution in [2.24, 2.45) is 0 Å². The number of aliphatic carboxylic acids is 1. The number of nitrogens with one attached hydrogen (secondary N) is 2. The number of hydrogen-bond acceptors (Lipinski definition) is 9. The van der Waals surface area contributed by atoms with Gasteiger partial charge in [-0.2, -0.15) is 0 Å². The fourth-order valence-corrected chi connectivity index (χ4v) is 3.68. The lowest BCUT2D eigenvalue weighted by atomic mass is 10.2. The Labute approximate surface area is 272 Å². The van der Waals surface area contributed by atoms with Gasteiger partial charge in [-0.25, -0.2) is 9.59 Å². The Morgan fingerprint density at radius 2 is 0.957 bits per heavy atom. The first-order chi connectivity index (χ1) is 22.8. The van der Waals surface area contributed by atoms with Crippen LogP contribution in [0.15, 0.2) is 109 Å². The number of hydrogen-bond donors (Lipinski definition) is 3. The number of anilines is 2. The second kappa shape index (κ2) is 20.3. The zero-order valence-electron chi connectivity index (χ0n) is 25.8. The third-order valence-corrected chi connectivity index (χ3v) is 5.91. The first-order valence-electron chi connectivity index (χ1n) is 14.4. The van der Waals surface area contributed by atoms with Gasteiger partial charge in [0.15, 0.2) is 13.2 Å². The molecule has 0 fully saturated rings. The summed E-state index contributed by atoms with van der Waals surface area (Å²) in [6.45, 7) is 0.112. The normalized spacial score (nSPS) is 10.1. The van der Waals surface area contributed by atoms with Crippen LogP contribution in [0, 0.1) is 0 Å². The van der Waals surface area contributed by atoms with Crippen molar-refractivity contribution in [3.63, 3.8) is 0 Å². The van der Waals surface area contributed by atoms with E-state index in [4.69, 9.17) is 24.1 Å². The number of ether oxygens (including phenoxy) is 5. The van der Waals surface area contributed by atoms with Crippen LogP contribution in [0.3, 0.4) is 0 Å². The van der Waals surface area contributed by atoms with Crippen molar-refractivity contribution in [2.75, 3.05) is 44.2 Å². The summed E-state index contributed by atoms with van der Waals surface area (Å²) < 4.78 is 25.4. The fraction of sp³-hybridized carbons (Fsp3) is 0.200. The van der Waals surface area contributed by atoms with E-state index in [1.807, 2.05) is 60.7 Å². The first kappa shape index (κ1) is 35.8. The molecule has 0 atom stereocenters. The summed E-state index contributed by atoms with van der Waals surface area (Å²) in [5.41, 5.74) is 3.22. The molecule has 0 aliphatic carbocycles. The van der Waals surface area contributed by atoms with Crippen LogP contribution >= 0.6 is 0 Å². The number of carbonyl (C=O) groups excluding carboxylic acids is 3. The molecule has 0 aromatic heterocycles. The van der Waals surface area contributed by atoms with E-state index in [9.17, 15) is 19.2 Å². The minimum atomic E-state index is -1.04. The van der Waals surface area contributed by atoms with Gasteiger partial charge < -0.3 is 39.4 Å². The Balaban J connectivity index is 0.000000256. The summed E-state index contributed by atoms with van der Waals surface area (Å²) in [6, 6.07) is 32.3. The fourth-order valence-electron chi connectivity index (χ4n) is 3.68. The van der Waals surface area contributed by atoms with Crippen LogP contribution in [-0.4, -0.2) is 62.4 Å². The molecular formula is C35H36N2O10. The maximum atomic E-state index is 11.8. The van der Waals surface area contributed by atoms with E-state index >= 15 is 0 Å². The number of rotatable bonds is 16. The van der Waals surface area contributed by atoms with Crippen molar-refractivity contribution in [2.45, 2.75) is 13.2 Å². The molecule has 12 heteroatoms. The minimum absolute atomic E-state index is 0.0323. The van der Waals surface area contributed by atoms with E-state index in [1.165, 1.54) is 7.11 Å². The maximum Gasteiger partial charge on any atom is 0.343 e. The second-order valence-corrected chi connectivity index (χ2v) is 9.65. The number of benzene rings is 4. The van der Waals surface area contributed by atoms with E-state index < -0.39 is 18.5 Å². The number of carboxylic acid groups (broad SMARTS) is 1. The lowest BCUT2D eigenvalue weighted by Crippen LogP contribution is -2.18. The molecule has 246 valence electrons. The summed E-state index contributed by atoms with van der Waals surface area (Å²) in [4.78, 5) is 44.9. The van der Waals surface area contributed by atoms with Gasteiger partial charge in [0.2, 0.25) is 11.8 Å². The zero-order chi connectivity index (χ0) is 33.7. The van der Waals surface area contributed by atoms with Gasteiger partial charge in [0.25, 0.3) is 0 Å². The Morgan fingerprint density at radius 3 is 1.34 bits per heavy atom. The van der Waals surface area contributed by atoms with Crippen molar-refractivity contribution in [3.05, 3.63) is 120 Å². The molecule has 12 nitrogen and oxygen atoms in total. The van der Waals surface area contributed by atoms with E-state index in [2.05, 4.69) is 15.4 Å². The Hall–Kier alpha value is -5.72. The van der Waals surface area contributed by atoms with Crippen LogP contribution in [0.25, 0.3) is 0 Å². The van der Waals surface area contributed by atoms with E-state index in [0.717, 1.165) is 11.1 Å². The Morgan fingerprint density at radius 1 is 0.553 bits per heavy atom. The van der Waals surface area contributed by atoms with Gasteiger partial charge in [-0.15, -0.1) is 0 Å². The topological polar surface area (TPSA) is 159 Å². The number of methoxy groups -OCH3 is 1. The van der Waals surface area contributed by atoms with Crippen molar-refractivity contribution in [1.82, 2.24) is 0 Å². The molecule has 0 spiro atoms. The molecule has 3 N–H and O–H groups in total. The van der Waals surface area contributed by atoms with Gasteiger partial charge in [-0.3, -0.25) is 9.59 Å². The smallest absolute Gasteiger partial charge is 0.343 e. The number of amides is 2. The largest absolute Gasteiger partial charge is 0.482 e. The molecule has 0 heterocycles. The number of carboxylic acids is 1. The van der Waals surface area contributed by atoms with Gasteiger partial charge in [-0.1, -0.05) is 60.7 Å². The Bertz CT molecular complexity index is 1530. The molecule has 0 aliphatic rings. The van der Waals surface area contributed by atoms with Crippen molar-refractivity contribution in [1.29, 1.82) is 0 Å². The first-order valence-corrected chi connectivity index (χ1v) is 14.4. The molecule has 0 radical (unpaired) electrons. The highest BCUT2D eigenvalue weighted by Crippen LogP contribution is 2.17. The van der Waals surface area contributed by atoms with E-state index in [-0.39, 0.29) is 31.6 Å². The predicted molar refractivity (Wildman–Crippen MR) is 173 cm³/mol. The maximum absolute atomic E-state index is 11.8. The monoisotopic (exact) mass is 644 g/mol. The SMILES string of the molecule is COC(=O)COc1ccc(NC(=O)COCc2ccccc2)cc1.O=C(O)COc1ccc(NC(=O)COCc2ccccc2)cc1. The van der Waals surface area contributed by atoms with Crippen molar-refractivity contribution in [3.8, 4) is 11.5 Å². The summed E-state index contributed by atoms with van der Waals surface area (Å²) in [6.07, 6.45) is 0. The van der Waals surface area contributed by atoms with Crippen LogP contribution in [0.4, 0.5) is 11.4 Å². The molecule has 4 aromatic carbocycles. The average molecular weight is 645 g/mol. The third-order valence-electron chi connectivity index (χ3n) is 5.91. The van der Waals surface area contributed by atoms with Crippen LogP contribution in [-0.2, 0) is 46.6 Å². The van der Waals surface area contributed by atoms with Crippen molar-refractivity contribution >= 4 is 35.1 Å². The molecule has 0 unspecified atom stereocenters. The number of carbonyl (C=O) groups is 4. The summed E-state index contributed by atoms with van der Waals surface area (Å²) in [7, 11) is 1.30. The van der Waals surface area contributed by atoms with E-state index in [0.29, 0.717) is 36.1 Å². The molecule has 0 saturated carbocycles. The van der Waals surface area contributed by atoms with Gasteiger partial charge >= 0.3 is 11.9 Å². The van der Waals surface area contributed by atoms with Crippen LogP contribution < -0.4 is 20.1 Å². The Kier molecular flexibility index (Phi) is 15.5. The van der Waals surface area contributed by atoms with Gasteiger partial charge in [0.1, 0.15) is 24.7 Å². The lowest BCUT2D eigenvalue weighted by molar-refractivity contribution is -0.143. The molecule has 4 aromatic rings. The molecule has 0 bridgehead atoms. The highest BCUT2D eigenvalue weighted by atomic mass is 16.6. The van der Waals surface area contributed by atoms with Gasteiger partial charge in [-0.05, 0) is 59.7 Å². The van der Waals surface area contributed by atoms with Crippen LogP contribution in [0.1, 0.15) is 11.1 Å². The standard InChI is InChI=1S/C18H19NO5.C17H17NO5/c1-22-18(21)13-24-16-9-7-15(8-10-16)19-17(20)12-23-11-14-5-3-2-4-6-14;19-16(11-22-10-13-4-2-1-3-5-13)18-14-6-8-15(9-7-14)23-12-17(20)21/h2-10H,11-13H2,1H3,(H,19,20);1-9H,10-12H2,(H,18,19)(H,20,21). The molecule has 0 saturated heterocycles. The number of esters is 1. The second-order valence-electron chi connectivity index (χ2n) is 9.65. The van der Waals surface area contributed by atoms with Crippen molar-refractivity contribution < 1.29 is 48.0 Å². The average Bonchev–Trinajstić information content (AvgIpc) is 3.08. The highest BCUT2D eigenvalue weighted by molar-refractivity contribution is 5.92. The minimum Gasteiger partial charge on any atom is -0.482 e. The molecule has 0 aliphatic heterocycles. The zero-order valence-corrected chi connectivity index (χ0v) is 25.8. The quantitative estimate of drug-likeness (QED) is 0.146. The third kappa shape index (κ3) is 15.2. The van der Waals surface area contributed by atoms with Gasteiger partial charge in [0.05, 0.1) is 20.3 Å². The lowest BCUT2D eigenvalue weighted by Gasteiger charge is -2.08. The van der Waals surface area contributed by atoms with Crippen LogP contribution in [0.2, 0.25) is 0 Å². The summed E-state index contributed by atoms with van der Waals surface area (Å²) in [5, 5.41) is 13.9. The van der Waals surface area contributed by atoms with E-state index in [1.54, 1.807) is 48.5 Å². The molecule has 2 amide bonds. The molecule has 47 heavy (non-hydrogen) atoms. The molecular weight excluding hydrogens is 608 g/mol. The summed E-state index contributed by atoms with van der Waals surface area (Å²) in [5.74, 6) is -1.07. The predicted octanol–water partition coefficient (Wildman–Crippen LogP) is 4.70. The van der Waals surface area contributed by atoms with Crippen LogP contribution in [0.5, 0.6) is 11.5 Å². The molecule has 4 rings (SSSR count). The summed E-state index contributed by atoms with van der Waals surface area (Å²) >= 11 is 0. The highest BCUT2D eigenvalue weighted by Gasteiger charge is 2.06.